The third-order valence-electron chi connectivity index (χ3n) is 5.21. The molecular weight excluding hydrogens is 348 g/mol. The Hall–Kier alpha value is -2.31. The van der Waals surface area contributed by atoms with E-state index in [1.165, 1.54) is 0 Å². The molecule has 0 atom stereocenters. The molecule has 1 saturated carbocycles. The van der Waals surface area contributed by atoms with E-state index in [-0.39, 0.29) is 5.41 Å². The number of sulfonamides is 1. The molecule has 1 fully saturated rings. The predicted molar refractivity (Wildman–Crippen MR) is 102 cm³/mol. The molecule has 0 spiro atoms. The second kappa shape index (κ2) is 6.14. The molecule has 1 aliphatic rings. The zero-order valence-electron chi connectivity index (χ0n) is 14.9. The SMILES string of the molecule is COc1ccc2[nH]cc(C3(CNS(=O)(=O)c4cccc(C)c4)CC3)c2c1. The highest BCUT2D eigenvalue weighted by atomic mass is 32.2. The summed E-state index contributed by atoms with van der Waals surface area (Å²) in [7, 11) is -1.87. The zero-order chi connectivity index (χ0) is 18.4. The summed E-state index contributed by atoms with van der Waals surface area (Å²) in [6.07, 6.45) is 3.93. The molecule has 4 rings (SSSR count). The Balaban J connectivity index is 1.61. The minimum absolute atomic E-state index is 0.151. The molecule has 6 heteroatoms. The van der Waals surface area contributed by atoms with Crippen LogP contribution in [0.15, 0.2) is 53.6 Å². The third-order valence-corrected chi connectivity index (χ3v) is 6.61. The number of aromatic amines is 1. The van der Waals surface area contributed by atoms with Gasteiger partial charge in [-0.05, 0) is 61.2 Å². The van der Waals surface area contributed by atoms with Gasteiger partial charge in [0, 0.05) is 29.1 Å². The van der Waals surface area contributed by atoms with E-state index >= 15 is 0 Å². The summed E-state index contributed by atoms with van der Waals surface area (Å²) in [5.41, 5.74) is 2.96. The Morgan fingerprint density at radius 1 is 1.19 bits per heavy atom. The molecule has 0 radical (unpaired) electrons. The first-order valence-corrected chi connectivity index (χ1v) is 10.1. The molecule has 0 saturated heterocycles. The van der Waals surface area contributed by atoms with Crippen LogP contribution in [0.4, 0.5) is 0 Å². The number of aromatic nitrogens is 1. The number of rotatable bonds is 6. The standard InChI is InChI=1S/C20H22N2O3S/c1-14-4-3-5-16(10-14)26(23,24)22-13-20(8-9-20)18-12-21-19-7-6-15(25-2)11-17(18)19/h3-7,10-12,21-22H,8-9,13H2,1-2H3. The average molecular weight is 370 g/mol. The van der Waals surface area contributed by atoms with Gasteiger partial charge in [0.1, 0.15) is 5.75 Å². The van der Waals surface area contributed by atoms with Crippen molar-refractivity contribution in [2.75, 3.05) is 13.7 Å². The first-order valence-electron chi connectivity index (χ1n) is 8.65. The van der Waals surface area contributed by atoms with E-state index < -0.39 is 10.0 Å². The largest absolute Gasteiger partial charge is 0.497 e. The van der Waals surface area contributed by atoms with E-state index in [1.54, 1.807) is 25.3 Å². The molecule has 2 aromatic carbocycles. The molecule has 136 valence electrons. The zero-order valence-corrected chi connectivity index (χ0v) is 15.7. The normalized spacial score (nSPS) is 15.9. The monoisotopic (exact) mass is 370 g/mol. The van der Waals surface area contributed by atoms with Crippen LogP contribution < -0.4 is 9.46 Å². The number of benzene rings is 2. The van der Waals surface area contributed by atoms with Gasteiger partial charge in [-0.3, -0.25) is 0 Å². The van der Waals surface area contributed by atoms with Gasteiger partial charge in [-0.15, -0.1) is 0 Å². The van der Waals surface area contributed by atoms with Crippen molar-refractivity contribution in [2.24, 2.45) is 0 Å². The van der Waals surface area contributed by atoms with Gasteiger partial charge >= 0.3 is 0 Å². The number of methoxy groups -OCH3 is 1. The maximum absolute atomic E-state index is 12.7. The highest BCUT2D eigenvalue weighted by molar-refractivity contribution is 7.89. The van der Waals surface area contributed by atoms with Crippen molar-refractivity contribution in [3.05, 3.63) is 59.8 Å². The van der Waals surface area contributed by atoms with Gasteiger partial charge in [-0.2, -0.15) is 0 Å². The number of nitrogens with one attached hydrogen (secondary N) is 2. The van der Waals surface area contributed by atoms with Crippen molar-refractivity contribution in [1.82, 2.24) is 9.71 Å². The van der Waals surface area contributed by atoms with Crippen LogP contribution in [0.5, 0.6) is 5.75 Å². The fourth-order valence-electron chi connectivity index (χ4n) is 3.46. The summed E-state index contributed by atoms with van der Waals surface area (Å²) in [6, 6.07) is 12.9. The summed E-state index contributed by atoms with van der Waals surface area (Å²) >= 11 is 0. The lowest BCUT2D eigenvalue weighted by Gasteiger charge is -2.16. The molecule has 0 aliphatic heterocycles. The van der Waals surface area contributed by atoms with Gasteiger partial charge in [0.25, 0.3) is 0 Å². The average Bonchev–Trinajstić information content (AvgIpc) is 3.31. The molecule has 1 aromatic heterocycles. The van der Waals surface area contributed by atoms with E-state index in [9.17, 15) is 8.42 Å². The smallest absolute Gasteiger partial charge is 0.240 e. The van der Waals surface area contributed by atoms with E-state index in [4.69, 9.17) is 4.74 Å². The number of ether oxygens (including phenoxy) is 1. The van der Waals surface area contributed by atoms with Crippen LogP contribution in [0.25, 0.3) is 10.9 Å². The van der Waals surface area contributed by atoms with Crippen molar-refractivity contribution in [3.63, 3.8) is 0 Å². The van der Waals surface area contributed by atoms with Gasteiger partial charge in [0.05, 0.1) is 12.0 Å². The van der Waals surface area contributed by atoms with E-state index in [2.05, 4.69) is 9.71 Å². The number of hydrogen-bond acceptors (Lipinski definition) is 3. The lowest BCUT2D eigenvalue weighted by atomic mass is 9.95. The Morgan fingerprint density at radius 2 is 2.00 bits per heavy atom. The van der Waals surface area contributed by atoms with Crippen LogP contribution in [0.2, 0.25) is 0 Å². The quantitative estimate of drug-likeness (QED) is 0.698. The highest BCUT2D eigenvalue weighted by Crippen LogP contribution is 2.50. The second-order valence-corrected chi connectivity index (χ2v) is 8.80. The minimum atomic E-state index is -3.52. The van der Waals surface area contributed by atoms with Crippen LogP contribution in [0.1, 0.15) is 24.0 Å². The molecule has 1 heterocycles. The molecule has 0 bridgehead atoms. The Morgan fingerprint density at radius 3 is 2.69 bits per heavy atom. The molecule has 26 heavy (non-hydrogen) atoms. The first-order chi connectivity index (χ1) is 12.4. The maximum atomic E-state index is 12.7. The molecule has 1 aliphatic carbocycles. The van der Waals surface area contributed by atoms with Gasteiger partial charge in [-0.1, -0.05) is 12.1 Å². The summed E-state index contributed by atoms with van der Waals surface area (Å²) in [5, 5.41) is 1.09. The molecule has 3 aromatic rings. The number of H-pyrrole nitrogens is 1. The van der Waals surface area contributed by atoms with Gasteiger partial charge in [0.2, 0.25) is 10.0 Å². The van der Waals surface area contributed by atoms with Crippen molar-refractivity contribution < 1.29 is 13.2 Å². The van der Waals surface area contributed by atoms with Crippen molar-refractivity contribution >= 4 is 20.9 Å². The maximum Gasteiger partial charge on any atom is 0.240 e. The van der Waals surface area contributed by atoms with Gasteiger partial charge in [-0.25, -0.2) is 13.1 Å². The summed E-state index contributed by atoms with van der Waals surface area (Å²) < 4.78 is 33.5. The molecule has 5 nitrogen and oxygen atoms in total. The van der Waals surface area contributed by atoms with E-state index in [0.29, 0.717) is 11.4 Å². The van der Waals surface area contributed by atoms with Gasteiger partial charge < -0.3 is 9.72 Å². The lowest BCUT2D eigenvalue weighted by molar-refractivity contribution is 0.415. The Labute approximate surface area is 153 Å². The van der Waals surface area contributed by atoms with Crippen molar-refractivity contribution in [2.45, 2.75) is 30.1 Å². The van der Waals surface area contributed by atoms with Gasteiger partial charge in [0.15, 0.2) is 0 Å². The fraction of sp³-hybridized carbons (Fsp3) is 0.300. The van der Waals surface area contributed by atoms with Crippen LogP contribution in [-0.4, -0.2) is 27.1 Å². The highest BCUT2D eigenvalue weighted by Gasteiger charge is 2.46. The number of aryl methyl sites for hydroxylation is 1. The molecule has 2 N–H and O–H groups in total. The van der Waals surface area contributed by atoms with E-state index in [1.807, 2.05) is 37.4 Å². The first kappa shape index (κ1) is 17.1. The predicted octanol–water partition coefficient (Wildman–Crippen LogP) is 3.50. The topological polar surface area (TPSA) is 71.2 Å². The lowest BCUT2D eigenvalue weighted by Crippen LogP contribution is -2.32. The van der Waals surface area contributed by atoms with Crippen LogP contribution in [0.3, 0.4) is 0 Å². The Bertz CT molecular complexity index is 1070. The number of hydrogen-bond donors (Lipinski definition) is 2. The van der Waals surface area contributed by atoms with Crippen molar-refractivity contribution in [1.29, 1.82) is 0 Å². The fourth-order valence-corrected chi connectivity index (χ4v) is 4.69. The van der Waals surface area contributed by atoms with Crippen LogP contribution in [-0.2, 0) is 15.4 Å². The number of fused-ring (bicyclic) bond motifs is 1. The minimum Gasteiger partial charge on any atom is -0.497 e. The second-order valence-electron chi connectivity index (χ2n) is 7.04. The Kier molecular flexibility index (Phi) is 4.04. The summed E-state index contributed by atoms with van der Waals surface area (Å²) in [4.78, 5) is 3.60. The van der Waals surface area contributed by atoms with Crippen molar-refractivity contribution in [3.8, 4) is 5.75 Å². The molecule has 0 unspecified atom stereocenters. The molecule has 0 amide bonds. The third kappa shape index (κ3) is 2.99. The summed E-state index contributed by atoms with van der Waals surface area (Å²) in [6.45, 7) is 2.29. The van der Waals surface area contributed by atoms with Crippen LogP contribution in [0, 0.1) is 6.92 Å². The molecular formula is C20H22N2O3S. The van der Waals surface area contributed by atoms with Crippen LogP contribution >= 0.6 is 0 Å². The summed E-state index contributed by atoms with van der Waals surface area (Å²) in [5.74, 6) is 0.800. The van der Waals surface area contributed by atoms with E-state index in [0.717, 1.165) is 40.6 Å².